The van der Waals surface area contributed by atoms with Crippen LogP contribution in [-0.2, 0) is 11.1 Å². The number of aromatic nitrogens is 3. The van der Waals surface area contributed by atoms with E-state index >= 15 is 0 Å². The number of alkyl halides is 12. The number of carbonyl (C=O) groups is 1. The predicted octanol–water partition coefficient (Wildman–Crippen LogP) is 6.41. The van der Waals surface area contributed by atoms with Crippen LogP contribution in [0.25, 0.3) is 11.0 Å². The van der Waals surface area contributed by atoms with Gasteiger partial charge in [0.25, 0.3) is 17.0 Å². The third-order valence-electron chi connectivity index (χ3n) is 6.48. The van der Waals surface area contributed by atoms with E-state index in [0.717, 1.165) is 36.7 Å². The quantitative estimate of drug-likeness (QED) is 0.253. The van der Waals surface area contributed by atoms with E-state index in [4.69, 9.17) is 0 Å². The summed E-state index contributed by atoms with van der Waals surface area (Å²) in [6.45, 7) is 0.309. The van der Waals surface area contributed by atoms with Crippen molar-refractivity contribution in [3.8, 4) is 11.5 Å². The fraction of sp³-hybridized carbons (Fsp3) is 0.417. The Morgan fingerprint density at radius 1 is 0.822 bits per heavy atom. The van der Waals surface area contributed by atoms with E-state index in [1.807, 2.05) is 0 Å². The minimum atomic E-state index is -7.26. The summed E-state index contributed by atoms with van der Waals surface area (Å²) in [5.74, 6) is -16.8. The monoisotopic (exact) mass is 684 g/mol. The van der Waals surface area contributed by atoms with Crippen LogP contribution < -0.4 is 8.92 Å². The number of piperidine rings is 1. The zero-order valence-corrected chi connectivity index (χ0v) is 22.6. The van der Waals surface area contributed by atoms with Crippen LogP contribution in [0.3, 0.4) is 0 Å². The number of rotatable bonds is 8. The molecule has 3 heterocycles. The van der Waals surface area contributed by atoms with E-state index in [1.165, 1.54) is 4.90 Å². The summed E-state index contributed by atoms with van der Waals surface area (Å²) in [5.41, 5.74) is 0.189. The van der Waals surface area contributed by atoms with Crippen molar-refractivity contribution in [2.75, 3.05) is 13.1 Å². The minimum Gasteiger partial charge on any atom is -0.406 e. The number of amides is 1. The van der Waals surface area contributed by atoms with Crippen LogP contribution in [0.1, 0.15) is 34.8 Å². The molecule has 1 aliphatic rings. The summed E-state index contributed by atoms with van der Waals surface area (Å²) in [7, 11) is 0. The number of nitrogens with zero attached hydrogens (tertiary/aromatic N) is 4. The van der Waals surface area contributed by atoms with Crippen molar-refractivity contribution in [2.45, 2.75) is 48.4 Å². The molecule has 8 nitrogen and oxygen atoms in total. The number of carbonyl (C=O) groups excluding carboxylic acids is 1. The third kappa shape index (κ3) is 6.71. The molecule has 3 aromatic rings. The van der Waals surface area contributed by atoms with Gasteiger partial charge in [-0.3, -0.25) is 4.79 Å². The molecule has 0 aliphatic carbocycles. The first-order valence-electron chi connectivity index (χ1n) is 12.2. The highest BCUT2D eigenvalue weighted by molar-refractivity contribution is 7.81. The van der Waals surface area contributed by atoms with Gasteiger partial charge in [-0.15, -0.1) is 13.2 Å². The Labute approximate surface area is 246 Å². The molecule has 1 fully saturated rings. The molecule has 1 aromatic carbocycles. The Morgan fingerprint density at radius 2 is 1.42 bits per heavy atom. The number of hydrogen-bond donors (Lipinski definition) is 0. The van der Waals surface area contributed by atoms with Crippen LogP contribution in [0.4, 0.5) is 52.7 Å². The summed E-state index contributed by atoms with van der Waals surface area (Å²) in [6.07, 6.45) is -9.90. The van der Waals surface area contributed by atoms with Gasteiger partial charge >= 0.3 is 29.6 Å². The molecule has 1 atom stereocenters. The number of fused-ring (bicyclic) bond motifs is 1. The van der Waals surface area contributed by atoms with Crippen LogP contribution >= 0.6 is 0 Å². The number of ether oxygens (including phenoxy) is 1. The van der Waals surface area contributed by atoms with Crippen molar-refractivity contribution >= 4 is 28.0 Å². The van der Waals surface area contributed by atoms with Crippen LogP contribution in [-0.4, -0.2) is 72.7 Å². The largest absolute Gasteiger partial charge is 0.573 e. The van der Waals surface area contributed by atoms with Crippen molar-refractivity contribution in [3.63, 3.8) is 0 Å². The third-order valence-corrected chi connectivity index (χ3v) is 7.50. The normalized spacial score (nSPS) is 16.5. The number of pyridine rings is 1. The zero-order chi connectivity index (χ0) is 33.6. The minimum absolute atomic E-state index is 0.0151. The number of halogens is 12. The molecule has 45 heavy (non-hydrogen) atoms. The molecule has 1 unspecified atom stereocenters. The fourth-order valence-corrected chi connectivity index (χ4v) is 4.94. The molecule has 0 spiro atoms. The maximum Gasteiger partial charge on any atom is 0.573 e. The van der Waals surface area contributed by atoms with Gasteiger partial charge in [0, 0.05) is 30.6 Å². The standard InChI is InChI=1S/C24H16F12N4O4S/c25-20(26,22(29,30)31)21(27,28)23(32,33)45(42)44-15-9-16-18(37-10-15)17(39-11-38-16)12-5-7-40(8-6-12)19(41)13-1-3-14(4-2-13)43-24(34,35)36/h1-4,9-12H,5-8H2. The summed E-state index contributed by atoms with van der Waals surface area (Å²) in [6, 6.07) is 5.01. The van der Waals surface area contributed by atoms with Crippen molar-refractivity contribution in [1.29, 1.82) is 0 Å². The molecule has 0 saturated carbocycles. The smallest absolute Gasteiger partial charge is 0.406 e. The van der Waals surface area contributed by atoms with Gasteiger partial charge in [0.15, 0.2) is 5.75 Å². The lowest BCUT2D eigenvalue weighted by atomic mass is 9.92. The van der Waals surface area contributed by atoms with Crippen molar-refractivity contribution in [1.82, 2.24) is 19.9 Å². The summed E-state index contributed by atoms with van der Waals surface area (Å²) in [5, 5.41) is -6.51. The number of likely N-dealkylation sites (tertiary alicyclic amines) is 1. The first-order valence-corrected chi connectivity index (χ1v) is 13.3. The van der Waals surface area contributed by atoms with E-state index in [1.54, 1.807) is 0 Å². The lowest BCUT2D eigenvalue weighted by molar-refractivity contribution is -0.382. The van der Waals surface area contributed by atoms with Crippen molar-refractivity contribution in [2.24, 2.45) is 0 Å². The molecular formula is C24H16F12N4O4S. The highest BCUT2D eigenvalue weighted by atomic mass is 32.2. The molecule has 21 heteroatoms. The van der Waals surface area contributed by atoms with E-state index in [-0.39, 0.29) is 54.1 Å². The van der Waals surface area contributed by atoms with Gasteiger partial charge in [-0.25, -0.2) is 19.2 Å². The van der Waals surface area contributed by atoms with Crippen LogP contribution in [0.2, 0.25) is 0 Å². The first kappa shape index (κ1) is 34.0. The molecule has 2 aromatic heterocycles. The molecule has 0 radical (unpaired) electrons. The Hall–Kier alpha value is -3.91. The highest BCUT2D eigenvalue weighted by Gasteiger charge is 2.84. The first-order chi connectivity index (χ1) is 20.7. The van der Waals surface area contributed by atoms with Gasteiger partial charge in [0.2, 0.25) is 0 Å². The van der Waals surface area contributed by atoms with Gasteiger partial charge in [-0.1, -0.05) is 0 Å². The van der Waals surface area contributed by atoms with Gasteiger partial charge in [-0.05, 0) is 37.1 Å². The molecule has 1 amide bonds. The maximum absolute atomic E-state index is 13.9. The second-order valence-electron chi connectivity index (χ2n) is 9.42. The van der Waals surface area contributed by atoms with E-state index in [0.29, 0.717) is 6.20 Å². The molecule has 4 rings (SSSR count). The molecular weight excluding hydrogens is 668 g/mol. The Morgan fingerprint density at radius 3 is 1.98 bits per heavy atom. The number of benzene rings is 1. The van der Waals surface area contributed by atoms with Gasteiger partial charge in [-0.2, -0.15) is 39.5 Å². The van der Waals surface area contributed by atoms with E-state index in [2.05, 4.69) is 23.9 Å². The van der Waals surface area contributed by atoms with Gasteiger partial charge in [0.05, 0.1) is 17.4 Å². The van der Waals surface area contributed by atoms with Crippen molar-refractivity contribution in [3.05, 3.63) is 54.1 Å². The topological polar surface area (TPSA) is 94.5 Å². The SMILES string of the molecule is O=C(c1ccc(OC(F)(F)F)cc1)N1CCC(c2ncnc3cc(OS(=O)C(F)(F)C(F)(F)C(F)(F)C(F)(F)F)cnc23)CC1. The Bertz CT molecular complexity index is 1580. The summed E-state index contributed by atoms with van der Waals surface area (Å²) >= 11 is -4.76. The van der Waals surface area contributed by atoms with Crippen molar-refractivity contribution < 1.29 is 70.6 Å². The molecule has 1 aliphatic heterocycles. The molecule has 0 bridgehead atoms. The lowest BCUT2D eigenvalue weighted by Gasteiger charge is -2.32. The zero-order valence-electron chi connectivity index (χ0n) is 21.8. The molecule has 246 valence electrons. The maximum atomic E-state index is 13.9. The second-order valence-corrected chi connectivity index (χ2v) is 10.6. The van der Waals surface area contributed by atoms with Crippen LogP contribution in [0.15, 0.2) is 42.9 Å². The molecule has 0 N–H and O–H groups in total. The summed E-state index contributed by atoms with van der Waals surface area (Å²) < 4.78 is 175. The predicted molar refractivity (Wildman–Crippen MR) is 128 cm³/mol. The van der Waals surface area contributed by atoms with Crippen LogP contribution in [0.5, 0.6) is 11.5 Å². The second kappa shape index (κ2) is 11.8. The van der Waals surface area contributed by atoms with Gasteiger partial charge < -0.3 is 13.8 Å². The molecule has 1 saturated heterocycles. The van der Waals surface area contributed by atoms with Gasteiger partial charge in [0.1, 0.15) is 17.6 Å². The van der Waals surface area contributed by atoms with Crippen LogP contribution in [0, 0.1) is 0 Å². The average molecular weight is 684 g/mol. The lowest BCUT2D eigenvalue weighted by Crippen LogP contribution is -2.62. The summed E-state index contributed by atoms with van der Waals surface area (Å²) in [4.78, 5) is 26.0. The highest BCUT2D eigenvalue weighted by Crippen LogP contribution is 2.54. The van der Waals surface area contributed by atoms with E-state index in [9.17, 15) is 61.7 Å². The fourth-order valence-electron chi connectivity index (χ4n) is 4.23. The average Bonchev–Trinajstić information content (AvgIpc) is 2.95. The number of hydrogen-bond acceptors (Lipinski definition) is 7. The Kier molecular flexibility index (Phi) is 8.90. The Balaban J connectivity index is 1.45. The van der Waals surface area contributed by atoms with E-state index < -0.39 is 58.1 Å².